The van der Waals surface area contributed by atoms with Crippen LogP contribution in [0.3, 0.4) is 0 Å². The lowest BCUT2D eigenvalue weighted by Crippen LogP contribution is -2.24. The maximum atomic E-state index is 11.9. The van der Waals surface area contributed by atoms with Crippen LogP contribution in [0.5, 0.6) is 11.5 Å². The van der Waals surface area contributed by atoms with Crippen LogP contribution in [0.2, 0.25) is 0 Å². The van der Waals surface area contributed by atoms with Crippen molar-refractivity contribution in [2.45, 2.75) is 20.0 Å². The summed E-state index contributed by atoms with van der Waals surface area (Å²) < 4.78 is 10.5. The molecular weight excluding hydrogens is 350 g/mol. The summed E-state index contributed by atoms with van der Waals surface area (Å²) in [4.78, 5) is 22.8. The summed E-state index contributed by atoms with van der Waals surface area (Å²) in [5.74, 6) is -0.419. The first-order valence-corrected chi connectivity index (χ1v) is 8.14. The van der Waals surface area contributed by atoms with E-state index in [1.807, 2.05) is 25.1 Å². The van der Waals surface area contributed by atoms with Crippen LogP contribution in [0.25, 0.3) is 0 Å². The molecule has 8 heteroatoms. The summed E-state index contributed by atoms with van der Waals surface area (Å²) in [6.45, 7) is 3.31. The van der Waals surface area contributed by atoms with Crippen molar-refractivity contribution in [3.05, 3.63) is 53.6 Å². The quantitative estimate of drug-likeness (QED) is 0.512. The number of aliphatic carboxylic acids is 1. The molecule has 0 unspecified atom stereocenters. The van der Waals surface area contributed by atoms with Crippen LogP contribution >= 0.6 is 0 Å². The largest absolute Gasteiger partial charge is 0.493 e. The molecule has 0 bridgehead atoms. The number of para-hydroxylation sites is 1. The minimum atomic E-state index is -1.08. The highest BCUT2D eigenvalue weighted by molar-refractivity contribution is 5.91. The van der Waals surface area contributed by atoms with Crippen LogP contribution in [0.4, 0.5) is 10.5 Å². The van der Waals surface area contributed by atoms with Gasteiger partial charge in [0.05, 0.1) is 13.3 Å². The van der Waals surface area contributed by atoms with Crippen molar-refractivity contribution in [3.8, 4) is 11.5 Å². The molecule has 0 radical (unpaired) electrons. The smallest absolute Gasteiger partial charge is 0.344 e. The summed E-state index contributed by atoms with van der Waals surface area (Å²) in [5.41, 5.74) is 4.65. The number of amides is 2. The van der Waals surface area contributed by atoms with Gasteiger partial charge in [-0.3, -0.25) is 0 Å². The van der Waals surface area contributed by atoms with Gasteiger partial charge in [0.1, 0.15) is 0 Å². The predicted molar refractivity (Wildman–Crippen MR) is 102 cm³/mol. The van der Waals surface area contributed by atoms with Crippen molar-refractivity contribution in [2.75, 3.05) is 12.4 Å². The van der Waals surface area contributed by atoms with Crippen molar-refractivity contribution < 1.29 is 24.2 Å². The standard InChI is InChI=1S/C19H21N3O5/c1-12-6-4-5-7-15(12)21-19(25)22-20-11-14-8-9-16(17(10-14)26-3)27-13(2)18(23)24/h4-11,13H,1-3H3,(H,23,24)(H2,21,22,25)/b20-11+/t13-/m1/s1. The number of carboxylic acids is 1. The highest BCUT2D eigenvalue weighted by Crippen LogP contribution is 2.28. The summed E-state index contributed by atoms with van der Waals surface area (Å²) in [6.07, 6.45) is 0.426. The van der Waals surface area contributed by atoms with E-state index in [1.165, 1.54) is 20.2 Å². The van der Waals surface area contributed by atoms with Crippen molar-refractivity contribution in [1.82, 2.24) is 5.43 Å². The summed E-state index contributed by atoms with van der Waals surface area (Å²) >= 11 is 0. The Hall–Kier alpha value is -3.55. The molecule has 142 valence electrons. The normalized spacial score (nSPS) is 11.7. The van der Waals surface area contributed by atoms with E-state index in [-0.39, 0.29) is 0 Å². The number of hydrogen-bond acceptors (Lipinski definition) is 5. The molecule has 2 aromatic rings. The first-order valence-electron chi connectivity index (χ1n) is 8.14. The highest BCUT2D eigenvalue weighted by Gasteiger charge is 2.15. The van der Waals surface area contributed by atoms with Crippen molar-refractivity contribution in [1.29, 1.82) is 0 Å². The zero-order valence-electron chi connectivity index (χ0n) is 15.2. The second-order valence-electron chi connectivity index (χ2n) is 5.65. The fourth-order valence-corrected chi connectivity index (χ4v) is 2.13. The van der Waals surface area contributed by atoms with Crippen LogP contribution in [-0.4, -0.2) is 36.5 Å². The number of hydrogen-bond donors (Lipinski definition) is 3. The number of nitrogens with zero attached hydrogens (tertiary/aromatic N) is 1. The van der Waals surface area contributed by atoms with Crippen molar-refractivity contribution in [3.63, 3.8) is 0 Å². The molecule has 2 amide bonds. The van der Waals surface area contributed by atoms with Crippen molar-refractivity contribution >= 4 is 23.9 Å². The molecule has 0 aliphatic rings. The molecule has 0 spiro atoms. The Morgan fingerprint density at radius 1 is 1.19 bits per heavy atom. The number of ether oxygens (including phenoxy) is 2. The Morgan fingerprint density at radius 2 is 1.93 bits per heavy atom. The Bertz CT molecular complexity index is 851. The monoisotopic (exact) mass is 371 g/mol. The summed E-state index contributed by atoms with van der Waals surface area (Å²) in [5, 5.41) is 15.5. The van der Waals surface area contributed by atoms with E-state index in [0.29, 0.717) is 22.7 Å². The molecule has 2 aromatic carbocycles. The van der Waals surface area contributed by atoms with E-state index in [4.69, 9.17) is 14.6 Å². The van der Waals surface area contributed by atoms with Gasteiger partial charge in [0.2, 0.25) is 0 Å². The number of carboxylic acid groups (broad SMARTS) is 1. The number of carbonyl (C=O) groups is 2. The van der Waals surface area contributed by atoms with Gasteiger partial charge >= 0.3 is 12.0 Å². The predicted octanol–water partition coefficient (Wildman–Crippen LogP) is 3.01. The third-order valence-corrected chi connectivity index (χ3v) is 3.61. The zero-order valence-corrected chi connectivity index (χ0v) is 15.2. The number of methoxy groups -OCH3 is 1. The van der Waals surface area contributed by atoms with E-state index in [2.05, 4.69) is 15.8 Å². The van der Waals surface area contributed by atoms with Gasteiger partial charge in [0, 0.05) is 5.69 Å². The first-order chi connectivity index (χ1) is 12.9. The molecule has 1 atom stereocenters. The van der Waals surface area contributed by atoms with Crippen LogP contribution in [0.1, 0.15) is 18.1 Å². The zero-order chi connectivity index (χ0) is 19.8. The van der Waals surface area contributed by atoms with E-state index < -0.39 is 18.1 Å². The Balaban J connectivity index is 1.99. The van der Waals surface area contributed by atoms with Gasteiger partial charge in [-0.15, -0.1) is 0 Å². The lowest BCUT2D eigenvalue weighted by atomic mass is 10.2. The van der Waals surface area contributed by atoms with Crippen LogP contribution in [0.15, 0.2) is 47.6 Å². The fraction of sp³-hybridized carbons (Fsp3) is 0.211. The SMILES string of the molecule is COc1cc(/C=N/NC(=O)Nc2ccccc2C)ccc1O[C@H](C)C(=O)O. The van der Waals surface area contributed by atoms with E-state index in [9.17, 15) is 9.59 Å². The molecule has 8 nitrogen and oxygen atoms in total. The number of carbonyl (C=O) groups excluding carboxylic acids is 1. The lowest BCUT2D eigenvalue weighted by molar-refractivity contribution is -0.144. The number of rotatable bonds is 7. The van der Waals surface area contributed by atoms with Gasteiger partial charge in [-0.25, -0.2) is 15.0 Å². The Morgan fingerprint density at radius 3 is 2.59 bits per heavy atom. The van der Waals surface area contributed by atoms with Gasteiger partial charge in [-0.2, -0.15) is 5.10 Å². The van der Waals surface area contributed by atoms with E-state index in [0.717, 1.165) is 5.56 Å². The molecule has 0 aliphatic heterocycles. The second kappa shape index (κ2) is 9.23. The third-order valence-electron chi connectivity index (χ3n) is 3.61. The molecule has 0 saturated carbocycles. The summed E-state index contributed by atoms with van der Waals surface area (Å²) in [7, 11) is 1.45. The molecule has 0 aromatic heterocycles. The number of anilines is 1. The molecule has 0 aliphatic carbocycles. The van der Waals surface area contributed by atoms with Gasteiger partial charge in [-0.1, -0.05) is 18.2 Å². The average Bonchev–Trinajstić information content (AvgIpc) is 2.64. The van der Waals surface area contributed by atoms with Crippen LogP contribution in [-0.2, 0) is 4.79 Å². The Labute approximate surface area is 156 Å². The number of urea groups is 1. The number of benzene rings is 2. The number of nitrogens with one attached hydrogen (secondary N) is 2. The maximum Gasteiger partial charge on any atom is 0.344 e. The Kier molecular flexibility index (Phi) is 6.76. The van der Waals surface area contributed by atoms with E-state index >= 15 is 0 Å². The van der Waals surface area contributed by atoms with Gasteiger partial charge < -0.3 is 19.9 Å². The second-order valence-corrected chi connectivity index (χ2v) is 5.65. The average molecular weight is 371 g/mol. The fourth-order valence-electron chi connectivity index (χ4n) is 2.13. The van der Waals surface area contributed by atoms with Crippen LogP contribution in [0, 0.1) is 6.92 Å². The van der Waals surface area contributed by atoms with Crippen molar-refractivity contribution in [2.24, 2.45) is 5.10 Å². The van der Waals surface area contributed by atoms with Gasteiger partial charge in [-0.05, 0) is 49.2 Å². The summed E-state index contributed by atoms with van der Waals surface area (Å²) in [6, 6.07) is 11.8. The number of hydrazone groups is 1. The van der Waals surface area contributed by atoms with Gasteiger partial charge in [0.25, 0.3) is 0 Å². The topological polar surface area (TPSA) is 109 Å². The third kappa shape index (κ3) is 5.74. The minimum Gasteiger partial charge on any atom is -0.493 e. The lowest BCUT2D eigenvalue weighted by Gasteiger charge is -2.14. The molecule has 27 heavy (non-hydrogen) atoms. The molecule has 2 rings (SSSR count). The van der Waals surface area contributed by atoms with E-state index in [1.54, 1.807) is 24.3 Å². The number of aryl methyl sites for hydroxylation is 1. The minimum absolute atomic E-state index is 0.301. The van der Waals surface area contributed by atoms with Crippen LogP contribution < -0.4 is 20.2 Å². The molecule has 0 fully saturated rings. The molecule has 0 saturated heterocycles. The highest BCUT2D eigenvalue weighted by atomic mass is 16.5. The molecular formula is C19H21N3O5. The van der Waals surface area contributed by atoms with Gasteiger partial charge in [0.15, 0.2) is 17.6 Å². The molecule has 3 N–H and O–H groups in total. The molecule has 0 heterocycles. The first kappa shape index (κ1) is 19.8. The maximum absolute atomic E-state index is 11.9.